The molecule has 0 heterocycles. The number of aliphatic carboxylic acids is 1. The predicted octanol–water partition coefficient (Wildman–Crippen LogP) is 3.94. The Morgan fingerprint density at radius 2 is 1.69 bits per heavy atom. The zero-order valence-electron chi connectivity index (χ0n) is 14.7. The number of hydrogen-bond acceptors (Lipinski definition) is 3. The number of thioether (sulfide) groups is 1. The molecule has 0 aromatic heterocycles. The minimum atomic E-state index is -1.01. The van der Waals surface area contributed by atoms with Crippen LogP contribution in [0.4, 0.5) is 0 Å². The van der Waals surface area contributed by atoms with E-state index in [9.17, 15) is 14.7 Å². The topological polar surface area (TPSA) is 66.4 Å². The Balaban J connectivity index is 2.25. The van der Waals surface area contributed by atoms with Crippen molar-refractivity contribution < 1.29 is 14.7 Å². The SMILES string of the molecule is CCSCCC(NC(=O)/C(=C\c1ccccc1)c1ccccc1)C(=O)O. The maximum absolute atomic E-state index is 12.8. The normalized spacial score (nSPS) is 12.4. The van der Waals surface area contributed by atoms with E-state index in [0.717, 1.165) is 16.9 Å². The van der Waals surface area contributed by atoms with Gasteiger partial charge in [-0.05, 0) is 35.1 Å². The molecule has 0 aliphatic rings. The Morgan fingerprint density at radius 1 is 1.08 bits per heavy atom. The summed E-state index contributed by atoms with van der Waals surface area (Å²) in [6, 6.07) is 17.9. The lowest BCUT2D eigenvalue weighted by molar-refractivity contribution is -0.141. The van der Waals surface area contributed by atoms with Crippen LogP contribution in [-0.4, -0.2) is 34.5 Å². The molecule has 0 bridgehead atoms. The van der Waals surface area contributed by atoms with Crippen molar-refractivity contribution in [2.24, 2.45) is 0 Å². The molecule has 5 heteroatoms. The molecular formula is C21H23NO3S. The second kappa shape index (κ2) is 10.5. The maximum atomic E-state index is 12.8. The number of hydrogen-bond donors (Lipinski definition) is 2. The van der Waals surface area contributed by atoms with Gasteiger partial charge in [0.2, 0.25) is 0 Å². The van der Waals surface area contributed by atoms with E-state index in [-0.39, 0.29) is 5.91 Å². The van der Waals surface area contributed by atoms with Crippen LogP contribution in [0.25, 0.3) is 11.6 Å². The van der Waals surface area contributed by atoms with Gasteiger partial charge in [-0.1, -0.05) is 67.6 Å². The van der Waals surface area contributed by atoms with E-state index in [1.165, 1.54) is 0 Å². The standard InChI is InChI=1S/C21H23NO3S/c1-2-26-14-13-19(21(24)25)22-20(23)18(17-11-7-4-8-12-17)15-16-9-5-3-6-10-16/h3-12,15,19H,2,13-14H2,1H3,(H,22,23)(H,24,25)/b18-15-. The highest BCUT2D eigenvalue weighted by molar-refractivity contribution is 7.99. The first-order valence-electron chi connectivity index (χ1n) is 8.55. The molecule has 0 fully saturated rings. The Kier molecular flexibility index (Phi) is 7.96. The molecule has 0 aliphatic heterocycles. The molecule has 1 amide bonds. The van der Waals surface area contributed by atoms with Crippen molar-refractivity contribution in [3.05, 3.63) is 71.8 Å². The van der Waals surface area contributed by atoms with Crippen LogP contribution in [0.15, 0.2) is 60.7 Å². The van der Waals surface area contributed by atoms with Crippen LogP contribution in [0.2, 0.25) is 0 Å². The maximum Gasteiger partial charge on any atom is 0.326 e. The number of rotatable bonds is 9. The third-order valence-corrected chi connectivity index (χ3v) is 4.73. The minimum Gasteiger partial charge on any atom is -0.480 e. The molecule has 2 N–H and O–H groups in total. The fourth-order valence-corrected chi connectivity index (χ4v) is 3.14. The summed E-state index contributed by atoms with van der Waals surface area (Å²) in [5.74, 6) is 0.219. The fraction of sp³-hybridized carbons (Fsp3) is 0.238. The molecule has 1 unspecified atom stereocenters. The summed E-state index contributed by atoms with van der Waals surface area (Å²) in [5.41, 5.74) is 2.09. The van der Waals surface area contributed by atoms with Gasteiger partial charge in [-0.3, -0.25) is 4.79 Å². The molecule has 0 aliphatic carbocycles. The van der Waals surface area contributed by atoms with Crippen molar-refractivity contribution in [1.29, 1.82) is 0 Å². The van der Waals surface area contributed by atoms with E-state index < -0.39 is 12.0 Å². The number of carbonyl (C=O) groups is 2. The highest BCUT2D eigenvalue weighted by Gasteiger charge is 2.22. The van der Waals surface area contributed by atoms with E-state index in [1.54, 1.807) is 17.8 Å². The van der Waals surface area contributed by atoms with Gasteiger partial charge in [0.05, 0.1) is 0 Å². The largest absolute Gasteiger partial charge is 0.480 e. The van der Waals surface area contributed by atoms with Crippen molar-refractivity contribution in [1.82, 2.24) is 5.32 Å². The van der Waals surface area contributed by atoms with E-state index >= 15 is 0 Å². The van der Waals surface area contributed by atoms with Crippen molar-refractivity contribution >= 4 is 35.3 Å². The van der Waals surface area contributed by atoms with E-state index in [0.29, 0.717) is 17.7 Å². The monoisotopic (exact) mass is 369 g/mol. The van der Waals surface area contributed by atoms with Gasteiger partial charge >= 0.3 is 5.97 Å². The van der Waals surface area contributed by atoms with Crippen molar-refractivity contribution in [3.63, 3.8) is 0 Å². The average molecular weight is 369 g/mol. The number of nitrogens with one attached hydrogen (secondary N) is 1. The van der Waals surface area contributed by atoms with Crippen molar-refractivity contribution in [2.75, 3.05) is 11.5 Å². The van der Waals surface area contributed by atoms with Gasteiger partial charge in [0.1, 0.15) is 6.04 Å². The number of benzene rings is 2. The molecule has 2 rings (SSSR count). The van der Waals surface area contributed by atoms with Gasteiger partial charge in [-0.2, -0.15) is 11.8 Å². The molecule has 0 saturated carbocycles. The smallest absolute Gasteiger partial charge is 0.326 e. The lowest BCUT2D eigenvalue weighted by atomic mass is 10.0. The third-order valence-electron chi connectivity index (χ3n) is 3.80. The van der Waals surface area contributed by atoms with Crippen LogP contribution < -0.4 is 5.32 Å². The third kappa shape index (κ3) is 6.08. The van der Waals surface area contributed by atoms with Gasteiger partial charge in [0.25, 0.3) is 5.91 Å². The first-order chi connectivity index (χ1) is 12.6. The quantitative estimate of drug-likeness (QED) is 0.399. The molecule has 2 aromatic rings. The average Bonchev–Trinajstić information content (AvgIpc) is 2.66. The van der Waals surface area contributed by atoms with Gasteiger partial charge < -0.3 is 10.4 Å². The highest BCUT2D eigenvalue weighted by atomic mass is 32.2. The van der Waals surface area contributed by atoms with Gasteiger partial charge in [0.15, 0.2) is 0 Å². The summed E-state index contributed by atoms with van der Waals surface area (Å²) in [6.45, 7) is 2.02. The number of carboxylic acids is 1. The molecular weight excluding hydrogens is 346 g/mol. The molecule has 4 nitrogen and oxygen atoms in total. The highest BCUT2D eigenvalue weighted by Crippen LogP contribution is 2.19. The lowest BCUT2D eigenvalue weighted by Crippen LogP contribution is -2.41. The predicted molar refractivity (Wildman–Crippen MR) is 108 cm³/mol. The van der Waals surface area contributed by atoms with Gasteiger partial charge in [0, 0.05) is 5.57 Å². The van der Waals surface area contributed by atoms with Crippen LogP contribution in [-0.2, 0) is 9.59 Å². The molecule has 136 valence electrons. The van der Waals surface area contributed by atoms with E-state index in [4.69, 9.17) is 0 Å². The zero-order valence-corrected chi connectivity index (χ0v) is 15.5. The van der Waals surface area contributed by atoms with Crippen LogP contribution in [0.3, 0.4) is 0 Å². The molecule has 2 aromatic carbocycles. The van der Waals surface area contributed by atoms with Crippen molar-refractivity contribution in [2.45, 2.75) is 19.4 Å². The van der Waals surface area contributed by atoms with Crippen molar-refractivity contribution in [3.8, 4) is 0 Å². The first-order valence-corrected chi connectivity index (χ1v) is 9.71. The molecule has 26 heavy (non-hydrogen) atoms. The number of carbonyl (C=O) groups excluding carboxylic acids is 1. The van der Waals surface area contributed by atoms with Crippen LogP contribution >= 0.6 is 11.8 Å². The molecule has 1 atom stereocenters. The van der Waals surface area contributed by atoms with Crippen LogP contribution in [0.5, 0.6) is 0 Å². The number of carboxylic acid groups (broad SMARTS) is 1. The van der Waals surface area contributed by atoms with Gasteiger partial charge in [-0.15, -0.1) is 0 Å². The molecule has 0 saturated heterocycles. The summed E-state index contributed by atoms with van der Waals surface area (Å²) in [5, 5.41) is 12.1. The minimum absolute atomic E-state index is 0.381. The molecule has 0 radical (unpaired) electrons. The molecule has 0 spiro atoms. The zero-order chi connectivity index (χ0) is 18.8. The summed E-state index contributed by atoms with van der Waals surface area (Å²) in [4.78, 5) is 24.3. The Labute approximate surface area is 158 Å². The first kappa shape index (κ1) is 19.8. The van der Waals surface area contributed by atoms with Gasteiger partial charge in [-0.25, -0.2) is 4.79 Å². The van der Waals surface area contributed by atoms with Crippen LogP contribution in [0.1, 0.15) is 24.5 Å². The summed E-state index contributed by atoms with van der Waals surface area (Å²) in [6.07, 6.45) is 2.18. The lowest BCUT2D eigenvalue weighted by Gasteiger charge is -2.16. The summed E-state index contributed by atoms with van der Waals surface area (Å²) in [7, 11) is 0. The summed E-state index contributed by atoms with van der Waals surface area (Å²) >= 11 is 1.66. The fourth-order valence-electron chi connectivity index (χ4n) is 2.45. The Morgan fingerprint density at radius 3 is 2.27 bits per heavy atom. The second-order valence-electron chi connectivity index (χ2n) is 5.68. The number of amides is 1. The Hall–Kier alpha value is -2.53. The van der Waals surface area contributed by atoms with Crippen LogP contribution in [0, 0.1) is 0 Å². The Bertz CT molecular complexity index is 744. The van der Waals surface area contributed by atoms with E-state index in [1.807, 2.05) is 67.6 Å². The second-order valence-corrected chi connectivity index (χ2v) is 7.08. The van der Waals surface area contributed by atoms with E-state index in [2.05, 4.69) is 5.32 Å². The summed E-state index contributed by atoms with van der Waals surface area (Å²) < 4.78 is 0.